The summed E-state index contributed by atoms with van der Waals surface area (Å²) < 4.78 is 13.4. The molecular weight excluding hydrogens is 279 g/mol. The Kier molecular flexibility index (Phi) is 4.65. The zero-order valence-corrected chi connectivity index (χ0v) is 11.9. The average Bonchev–Trinajstić information content (AvgIpc) is 2.89. The van der Waals surface area contributed by atoms with Crippen molar-refractivity contribution < 1.29 is 9.18 Å². The zero-order chi connectivity index (χ0) is 14.5. The quantitative estimate of drug-likeness (QED) is 0.811. The van der Waals surface area contributed by atoms with E-state index in [0.717, 1.165) is 5.69 Å². The molecule has 7 heteroatoms. The van der Waals surface area contributed by atoms with Crippen LogP contribution in [0.4, 0.5) is 20.0 Å². The van der Waals surface area contributed by atoms with E-state index in [1.807, 2.05) is 19.4 Å². The number of carbonyl (C=O) groups excluding carboxylic acids is 1. The fourth-order valence-electron chi connectivity index (χ4n) is 1.50. The molecule has 2 aromatic rings. The smallest absolute Gasteiger partial charge is 0.312 e. The number of amides is 2. The van der Waals surface area contributed by atoms with E-state index in [2.05, 4.69) is 20.9 Å². The van der Waals surface area contributed by atoms with Crippen LogP contribution in [0.3, 0.4) is 0 Å². The lowest BCUT2D eigenvalue weighted by Crippen LogP contribution is -2.20. The predicted molar refractivity (Wildman–Crippen MR) is 78.6 cm³/mol. The van der Waals surface area contributed by atoms with Crippen molar-refractivity contribution in [3.63, 3.8) is 0 Å². The van der Waals surface area contributed by atoms with E-state index in [-0.39, 0.29) is 11.7 Å². The third-order valence-electron chi connectivity index (χ3n) is 2.74. The van der Waals surface area contributed by atoms with Crippen molar-refractivity contribution in [3.8, 4) is 0 Å². The van der Waals surface area contributed by atoms with Crippen LogP contribution in [0.1, 0.15) is 18.7 Å². The largest absolute Gasteiger partial charge is 0.325 e. The second-order valence-corrected chi connectivity index (χ2v) is 5.00. The molecule has 0 saturated heterocycles. The Bertz CT molecular complexity index is 602. The molecule has 0 aliphatic rings. The molecule has 0 aliphatic heterocycles. The molecule has 1 aromatic carbocycles. The number of hydrogen-bond donors (Lipinski definition) is 3. The maximum absolute atomic E-state index is 13.4. The Morgan fingerprint density at radius 3 is 2.80 bits per heavy atom. The van der Waals surface area contributed by atoms with E-state index in [9.17, 15) is 9.18 Å². The van der Waals surface area contributed by atoms with Gasteiger partial charge in [-0.05, 0) is 26.1 Å². The van der Waals surface area contributed by atoms with Crippen LogP contribution in [0.15, 0.2) is 29.6 Å². The molecule has 1 atom stereocenters. The van der Waals surface area contributed by atoms with E-state index in [4.69, 9.17) is 0 Å². The van der Waals surface area contributed by atoms with Crippen LogP contribution < -0.4 is 16.0 Å². The highest BCUT2D eigenvalue weighted by Crippen LogP contribution is 2.20. The van der Waals surface area contributed by atoms with Crippen molar-refractivity contribution >= 4 is 28.2 Å². The van der Waals surface area contributed by atoms with Crippen LogP contribution in [0.5, 0.6) is 0 Å². The van der Waals surface area contributed by atoms with Gasteiger partial charge in [-0.15, -0.1) is 11.3 Å². The molecule has 0 fully saturated rings. The molecule has 0 bridgehead atoms. The first-order valence-corrected chi connectivity index (χ1v) is 6.93. The lowest BCUT2D eigenvalue weighted by atomic mass is 10.3. The normalized spacial score (nSPS) is 11.9. The summed E-state index contributed by atoms with van der Waals surface area (Å²) in [6.07, 6.45) is 0. The number of rotatable bonds is 4. The maximum atomic E-state index is 13.4. The Hall–Kier alpha value is -1.99. The minimum Gasteiger partial charge on any atom is -0.312 e. The van der Waals surface area contributed by atoms with Crippen molar-refractivity contribution in [3.05, 3.63) is 41.2 Å². The molecule has 0 saturated carbocycles. The first kappa shape index (κ1) is 14.4. The minimum atomic E-state index is -0.520. The van der Waals surface area contributed by atoms with Crippen molar-refractivity contribution in [1.29, 1.82) is 0 Å². The molecule has 0 radical (unpaired) electrons. The van der Waals surface area contributed by atoms with Gasteiger partial charge >= 0.3 is 6.03 Å². The molecule has 1 heterocycles. The van der Waals surface area contributed by atoms with E-state index in [0.29, 0.717) is 5.13 Å². The average molecular weight is 294 g/mol. The molecule has 2 rings (SSSR count). The number of nitrogens with one attached hydrogen (secondary N) is 3. The van der Waals surface area contributed by atoms with Gasteiger partial charge in [0.2, 0.25) is 0 Å². The van der Waals surface area contributed by atoms with E-state index in [1.165, 1.54) is 23.5 Å². The highest BCUT2D eigenvalue weighted by molar-refractivity contribution is 7.13. The maximum Gasteiger partial charge on any atom is 0.325 e. The molecule has 5 nitrogen and oxygen atoms in total. The minimum absolute atomic E-state index is 0.108. The summed E-state index contributed by atoms with van der Waals surface area (Å²) in [5, 5.41) is 10.4. The van der Waals surface area contributed by atoms with Gasteiger partial charge < -0.3 is 10.6 Å². The number of benzene rings is 1. The van der Waals surface area contributed by atoms with Crippen molar-refractivity contribution in [2.45, 2.75) is 13.0 Å². The van der Waals surface area contributed by atoms with Gasteiger partial charge in [0.05, 0.1) is 11.4 Å². The second kappa shape index (κ2) is 6.44. The number of carbonyl (C=O) groups is 1. The van der Waals surface area contributed by atoms with Crippen molar-refractivity contribution in [1.82, 2.24) is 10.3 Å². The third kappa shape index (κ3) is 3.52. The van der Waals surface area contributed by atoms with Crippen LogP contribution in [0.25, 0.3) is 0 Å². The number of nitrogens with zero attached hydrogens (tertiary/aromatic N) is 1. The molecule has 3 N–H and O–H groups in total. The SMILES string of the molecule is CNC(C)c1csc(NC(=O)Nc2ccccc2F)n1. The molecule has 0 spiro atoms. The van der Waals surface area contributed by atoms with Crippen LogP contribution in [-0.4, -0.2) is 18.1 Å². The topological polar surface area (TPSA) is 66.0 Å². The van der Waals surface area contributed by atoms with Crippen LogP contribution in [0.2, 0.25) is 0 Å². The van der Waals surface area contributed by atoms with Crippen LogP contribution in [-0.2, 0) is 0 Å². The molecule has 106 valence electrons. The van der Waals surface area contributed by atoms with Crippen molar-refractivity contribution in [2.75, 3.05) is 17.7 Å². The summed E-state index contributed by atoms with van der Waals surface area (Å²) in [5.41, 5.74) is 0.976. The van der Waals surface area contributed by atoms with Gasteiger partial charge in [-0.2, -0.15) is 0 Å². The van der Waals surface area contributed by atoms with Crippen LogP contribution >= 0.6 is 11.3 Å². The summed E-state index contributed by atoms with van der Waals surface area (Å²) >= 11 is 1.32. The molecule has 1 unspecified atom stereocenters. The number of para-hydroxylation sites is 1. The van der Waals surface area contributed by atoms with E-state index < -0.39 is 11.8 Å². The highest BCUT2D eigenvalue weighted by Gasteiger charge is 2.11. The summed E-state index contributed by atoms with van der Waals surface area (Å²) in [4.78, 5) is 16.0. The summed E-state index contributed by atoms with van der Waals surface area (Å²) in [6, 6.07) is 5.57. The van der Waals surface area contributed by atoms with Gasteiger partial charge in [0.1, 0.15) is 5.82 Å². The van der Waals surface area contributed by atoms with E-state index >= 15 is 0 Å². The van der Waals surface area contributed by atoms with Gasteiger partial charge in [-0.3, -0.25) is 5.32 Å². The van der Waals surface area contributed by atoms with Crippen LogP contribution in [0, 0.1) is 5.82 Å². The molecule has 0 aliphatic carbocycles. The summed E-state index contributed by atoms with van der Waals surface area (Å²) in [7, 11) is 1.84. The Morgan fingerprint density at radius 2 is 2.10 bits per heavy atom. The molecule has 20 heavy (non-hydrogen) atoms. The molecule has 2 amide bonds. The Labute approximate surface area is 120 Å². The first-order valence-electron chi connectivity index (χ1n) is 6.05. The monoisotopic (exact) mass is 294 g/mol. The third-order valence-corrected chi connectivity index (χ3v) is 3.52. The fraction of sp³-hybridized carbons (Fsp3) is 0.231. The van der Waals surface area contributed by atoms with Gasteiger partial charge in [0, 0.05) is 11.4 Å². The second-order valence-electron chi connectivity index (χ2n) is 4.15. The zero-order valence-electron chi connectivity index (χ0n) is 11.1. The Balaban J connectivity index is 1.98. The van der Waals surface area contributed by atoms with E-state index in [1.54, 1.807) is 12.1 Å². The number of hydrogen-bond acceptors (Lipinski definition) is 4. The molecular formula is C13H15FN4OS. The number of thiazole rings is 1. The highest BCUT2D eigenvalue weighted by atomic mass is 32.1. The molecule has 1 aromatic heterocycles. The van der Waals surface area contributed by atoms with Gasteiger partial charge in [0.15, 0.2) is 5.13 Å². The predicted octanol–water partition coefficient (Wildman–Crippen LogP) is 3.21. The Morgan fingerprint density at radius 1 is 1.35 bits per heavy atom. The lowest BCUT2D eigenvalue weighted by molar-refractivity contribution is 0.262. The fourth-order valence-corrected chi connectivity index (χ4v) is 2.30. The number of urea groups is 1. The number of aromatic nitrogens is 1. The number of anilines is 2. The standard InChI is InChI=1S/C13H15FN4OS/c1-8(15-2)11-7-20-13(17-11)18-12(19)16-10-6-4-3-5-9(10)14/h3-8,15H,1-2H3,(H2,16,17,18,19). The first-order chi connectivity index (χ1) is 9.60. The van der Waals surface area contributed by atoms with Gasteiger partial charge in [-0.25, -0.2) is 14.2 Å². The lowest BCUT2D eigenvalue weighted by Gasteiger charge is -2.07. The van der Waals surface area contributed by atoms with Gasteiger partial charge in [-0.1, -0.05) is 12.1 Å². The van der Waals surface area contributed by atoms with Crippen molar-refractivity contribution in [2.24, 2.45) is 0 Å². The number of halogens is 1. The van der Waals surface area contributed by atoms with Gasteiger partial charge in [0.25, 0.3) is 0 Å². The summed E-state index contributed by atoms with van der Waals surface area (Å²) in [5.74, 6) is -0.480. The summed E-state index contributed by atoms with van der Waals surface area (Å²) in [6.45, 7) is 1.97.